The number of aromatic nitrogens is 2. The van der Waals surface area contributed by atoms with Gasteiger partial charge in [0.1, 0.15) is 17.9 Å². The van der Waals surface area contributed by atoms with Gasteiger partial charge >= 0.3 is 5.69 Å². The molecule has 0 spiro atoms. The molecule has 0 unspecified atom stereocenters. The molecule has 0 N–H and O–H groups in total. The average molecular weight is 268 g/mol. The first-order valence-corrected chi connectivity index (χ1v) is 6.12. The van der Waals surface area contributed by atoms with E-state index in [1.807, 2.05) is 0 Å². The summed E-state index contributed by atoms with van der Waals surface area (Å²) in [5.41, 5.74) is 0.662. The Morgan fingerprint density at radius 1 is 1.47 bits per heavy atom. The molecular formula is C11H16N4O4. The zero-order chi connectivity index (χ0) is 14.0. The fourth-order valence-electron chi connectivity index (χ4n) is 2.11. The van der Waals surface area contributed by atoms with Crippen LogP contribution in [0.5, 0.6) is 0 Å². The molecule has 0 bridgehead atoms. The molecule has 0 radical (unpaired) electrons. The maximum absolute atomic E-state index is 12.0. The van der Waals surface area contributed by atoms with Gasteiger partial charge in [0.25, 0.3) is 5.91 Å². The Hall–Kier alpha value is -1.96. The van der Waals surface area contributed by atoms with Crippen LogP contribution in [-0.4, -0.2) is 38.8 Å². The van der Waals surface area contributed by atoms with Crippen LogP contribution in [0.3, 0.4) is 0 Å². The SMILES string of the molecule is Cc1nn(CC(=O)N2CCCCO2)c(C)c1[N+](=O)[O-]. The highest BCUT2D eigenvalue weighted by atomic mass is 16.7. The van der Waals surface area contributed by atoms with Crippen molar-refractivity contribution < 1.29 is 14.6 Å². The normalized spacial score (nSPS) is 15.6. The lowest BCUT2D eigenvalue weighted by Crippen LogP contribution is -2.38. The minimum Gasteiger partial charge on any atom is -0.271 e. The van der Waals surface area contributed by atoms with Gasteiger partial charge in [-0.2, -0.15) is 5.10 Å². The molecule has 2 heterocycles. The zero-order valence-corrected chi connectivity index (χ0v) is 11.0. The Morgan fingerprint density at radius 2 is 2.21 bits per heavy atom. The lowest BCUT2D eigenvalue weighted by atomic mass is 10.3. The predicted octanol–water partition coefficient (Wildman–Crippen LogP) is 0.962. The van der Waals surface area contributed by atoms with E-state index >= 15 is 0 Å². The van der Waals surface area contributed by atoms with Gasteiger partial charge in [-0.05, 0) is 26.7 Å². The minimum atomic E-state index is -0.476. The summed E-state index contributed by atoms with van der Waals surface area (Å²) in [5, 5.41) is 16.2. The van der Waals surface area contributed by atoms with Crippen LogP contribution in [0.25, 0.3) is 0 Å². The van der Waals surface area contributed by atoms with Crippen LogP contribution >= 0.6 is 0 Å². The van der Waals surface area contributed by atoms with Gasteiger partial charge < -0.3 is 0 Å². The third kappa shape index (κ3) is 2.73. The Morgan fingerprint density at radius 3 is 2.74 bits per heavy atom. The van der Waals surface area contributed by atoms with Crippen molar-refractivity contribution in [3.63, 3.8) is 0 Å². The molecule has 1 saturated heterocycles. The number of carbonyl (C=O) groups is 1. The van der Waals surface area contributed by atoms with Gasteiger partial charge in [-0.25, -0.2) is 5.06 Å². The van der Waals surface area contributed by atoms with Crippen molar-refractivity contribution in [1.82, 2.24) is 14.8 Å². The van der Waals surface area contributed by atoms with Crippen molar-refractivity contribution in [2.45, 2.75) is 33.2 Å². The lowest BCUT2D eigenvalue weighted by Gasteiger charge is -2.25. The van der Waals surface area contributed by atoms with E-state index in [1.165, 1.54) is 9.75 Å². The van der Waals surface area contributed by atoms with E-state index in [0.717, 1.165) is 12.8 Å². The number of carbonyl (C=O) groups excluding carboxylic acids is 1. The zero-order valence-electron chi connectivity index (χ0n) is 11.0. The first-order chi connectivity index (χ1) is 9.00. The summed E-state index contributed by atoms with van der Waals surface area (Å²) < 4.78 is 1.35. The first kappa shape index (κ1) is 13.5. The number of hydrogen-bond acceptors (Lipinski definition) is 5. The molecule has 1 aromatic heterocycles. The van der Waals surface area contributed by atoms with E-state index in [0.29, 0.717) is 24.5 Å². The van der Waals surface area contributed by atoms with Crippen LogP contribution in [0.4, 0.5) is 5.69 Å². The molecule has 0 saturated carbocycles. The number of nitrogens with zero attached hydrogens (tertiary/aromatic N) is 4. The molecule has 8 heteroatoms. The third-order valence-corrected chi connectivity index (χ3v) is 3.09. The lowest BCUT2D eigenvalue weighted by molar-refractivity contribution is -0.386. The number of nitro groups is 1. The van der Waals surface area contributed by atoms with Crippen molar-refractivity contribution >= 4 is 11.6 Å². The second-order valence-electron chi connectivity index (χ2n) is 4.47. The highest BCUT2D eigenvalue weighted by Gasteiger charge is 2.25. The van der Waals surface area contributed by atoms with Crippen LogP contribution in [0.1, 0.15) is 24.2 Å². The largest absolute Gasteiger partial charge is 0.312 e. The molecular weight excluding hydrogens is 252 g/mol. The smallest absolute Gasteiger partial charge is 0.271 e. The number of aryl methyl sites for hydroxylation is 1. The fourth-order valence-corrected chi connectivity index (χ4v) is 2.11. The highest BCUT2D eigenvalue weighted by molar-refractivity contribution is 5.75. The van der Waals surface area contributed by atoms with Crippen LogP contribution in [0, 0.1) is 24.0 Å². The van der Waals surface area contributed by atoms with Gasteiger partial charge in [0, 0.05) is 6.54 Å². The molecule has 1 aliphatic rings. The van der Waals surface area contributed by atoms with Gasteiger partial charge in [-0.1, -0.05) is 0 Å². The summed E-state index contributed by atoms with van der Waals surface area (Å²) >= 11 is 0. The van der Waals surface area contributed by atoms with E-state index in [1.54, 1.807) is 13.8 Å². The van der Waals surface area contributed by atoms with Crippen LogP contribution in [-0.2, 0) is 16.2 Å². The maximum Gasteiger partial charge on any atom is 0.312 e. The van der Waals surface area contributed by atoms with E-state index in [2.05, 4.69) is 5.10 Å². The summed E-state index contributed by atoms with van der Waals surface area (Å²) in [5.74, 6) is -0.236. The van der Waals surface area contributed by atoms with Crippen molar-refractivity contribution in [1.29, 1.82) is 0 Å². The van der Waals surface area contributed by atoms with E-state index in [4.69, 9.17) is 4.84 Å². The monoisotopic (exact) mass is 268 g/mol. The molecule has 19 heavy (non-hydrogen) atoms. The second kappa shape index (κ2) is 5.35. The standard InChI is InChI=1S/C11H16N4O4/c1-8-11(15(17)18)9(2)13(12-8)7-10(16)14-5-3-4-6-19-14/h3-7H2,1-2H3. The third-order valence-electron chi connectivity index (χ3n) is 3.09. The van der Waals surface area contributed by atoms with E-state index in [9.17, 15) is 14.9 Å². The number of hydroxylamine groups is 2. The number of rotatable bonds is 3. The molecule has 1 aromatic rings. The molecule has 1 aliphatic heterocycles. The topological polar surface area (TPSA) is 90.5 Å². The second-order valence-corrected chi connectivity index (χ2v) is 4.47. The van der Waals surface area contributed by atoms with Crippen molar-refractivity contribution in [3.05, 3.63) is 21.5 Å². The van der Waals surface area contributed by atoms with Crippen LogP contribution < -0.4 is 0 Å². The summed E-state index contributed by atoms with van der Waals surface area (Å²) in [6.07, 6.45) is 1.85. The minimum absolute atomic E-state index is 0.0348. The Kier molecular flexibility index (Phi) is 3.79. The Labute approximate surface area is 110 Å². The van der Waals surface area contributed by atoms with Crippen LogP contribution in [0.15, 0.2) is 0 Å². The summed E-state index contributed by atoms with van der Waals surface area (Å²) in [7, 11) is 0. The van der Waals surface area contributed by atoms with Gasteiger partial charge in [-0.3, -0.25) is 24.4 Å². The molecule has 1 fully saturated rings. The molecule has 0 atom stereocenters. The predicted molar refractivity (Wildman–Crippen MR) is 65.3 cm³/mol. The Balaban J connectivity index is 2.13. The van der Waals surface area contributed by atoms with Gasteiger partial charge in [0.2, 0.25) is 0 Å². The van der Waals surface area contributed by atoms with Gasteiger partial charge in [0.15, 0.2) is 0 Å². The van der Waals surface area contributed by atoms with Crippen molar-refractivity contribution in [3.8, 4) is 0 Å². The van der Waals surface area contributed by atoms with E-state index < -0.39 is 4.92 Å². The quantitative estimate of drug-likeness (QED) is 0.601. The fraction of sp³-hybridized carbons (Fsp3) is 0.636. The molecule has 0 aromatic carbocycles. The average Bonchev–Trinajstić information content (AvgIpc) is 2.65. The Bertz CT molecular complexity index is 505. The highest BCUT2D eigenvalue weighted by Crippen LogP contribution is 2.21. The van der Waals surface area contributed by atoms with Gasteiger partial charge in [-0.15, -0.1) is 0 Å². The van der Waals surface area contributed by atoms with Crippen LogP contribution in [0.2, 0.25) is 0 Å². The molecule has 8 nitrogen and oxygen atoms in total. The van der Waals surface area contributed by atoms with Crippen molar-refractivity contribution in [2.24, 2.45) is 0 Å². The molecule has 1 amide bonds. The number of hydrogen-bond donors (Lipinski definition) is 0. The number of amides is 1. The molecule has 2 rings (SSSR count). The summed E-state index contributed by atoms with van der Waals surface area (Å²) in [6, 6.07) is 0. The summed E-state index contributed by atoms with van der Waals surface area (Å²) in [6.45, 7) is 4.19. The first-order valence-electron chi connectivity index (χ1n) is 6.12. The molecule has 0 aliphatic carbocycles. The van der Waals surface area contributed by atoms with Crippen molar-refractivity contribution in [2.75, 3.05) is 13.2 Å². The summed E-state index contributed by atoms with van der Waals surface area (Å²) in [4.78, 5) is 27.6. The van der Waals surface area contributed by atoms with E-state index in [-0.39, 0.29) is 18.1 Å². The maximum atomic E-state index is 12.0. The molecule has 104 valence electrons. The van der Waals surface area contributed by atoms with Gasteiger partial charge in [0.05, 0.1) is 11.5 Å².